The summed E-state index contributed by atoms with van der Waals surface area (Å²) in [5, 5.41) is 11.9. The number of aliphatic hydroxyl groups is 1. The first kappa shape index (κ1) is 16.5. The molecule has 0 aliphatic heterocycles. The molecular formula is C17H21NO3S. The van der Waals surface area contributed by atoms with Gasteiger partial charge in [-0.25, -0.2) is 0 Å². The SMILES string of the molecule is CN(Cc1cccs1)C(=O)COc1ccc(C(C)(C)O)cc1. The summed E-state index contributed by atoms with van der Waals surface area (Å²) in [5.41, 5.74) is -0.0732. The maximum Gasteiger partial charge on any atom is 0.260 e. The van der Waals surface area contributed by atoms with Crippen molar-refractivity contribution < 1.29 is 14.6 Å². The standard InChI is InChI=1S/C17H21NO3S/c1-17(2,20)13-6-8-14(9-7-13)21-12-16(19)18(3)11-15-5-4-10-22-15/h4-10,20H,11-12H2,1-3H3. The number of likely N-dealkylation sites (N-methyl/N-ethyl adjacent to an activating group) is 1. The summed E-state index contributed by atoms with van der Waals surface area (Å²) < 4.78 is 5.51. The van der Waals surface area contributed by atoms with Crippen molar-refractivity contribution in [2.75, 3.05) is 13.7 Å². The van der Waals surface area contributed by atoms with Gasteiger partial charge in [0.15, 0.2) is 6.61 Å². The lowest BCUT2D eigenvalue weighted by molar-refractivity contribution is -0.132. The normalized spacial score (nSPS) is 11.3. The number of ether oxygens (including phenoxy) is 1. The fraction of sp³-hybridized carbons (Fsp3) is 0.353. The van der Waals surface area contributed by atoms with Crippen LogP contribution in [0.4, 0.5) is 0 Å². The fourth-order valence-electron chi connectivity index (χ4n) is 1.94. The highest BCUT2D eigenvalue weighted by Gasteiger charge is 2.16. The van der Waals surface area contributed by atoms with Crippen LogP contribution in [0.5, 0.6) is 5.75 Å². The number of amides is 1. The number of benzene rings is 1. The van der Waals surface area contributed by atoms with E-state index in [2.05, 4.69) is 0 Å². The van der Waals surface area contributed by atoms with Crippen LogP contribution in [0.1, 0.15) is 24.3 Å². The van der Waals surface area contributed by atoms with E-state index in [0.717, 1.165) is 10.4 Å². The molecule has 0 aliphatic rings. The highest BCUT2D eigenvalue weighted by molar-refractivity contribution is 7.09. The summed E-state index contributed by atoms with van der Waals surface area (Å²) in [6.45, 7) is 4.05. The van der Waals surface area contributed by atoms with Gasteiger partial charge in [0.1, 0.15) is 5.75 Å². The molecule has 0 radical (unpaired) electrons. The first-order chi connectivity index (χ1) is 10.4. The second-order valence-corrected chi connectivity index (χ2v) is 6.73. The van der Waals surface area contributed by atoms with Crippen LogP contribution in [0, 0.1) is 0 Å². The summed E-state index contributed by atoms with van der Waals surface area (Å²) in [5.74, 6) is 0.547. The van der Waals surface area contributed by atoms with Crippen LogP contribution >= 0.6 is 11.3 Å². The van der Waals surface area contributed by atoms with Crippen LogP contribution in [0.3, 0.4) is 0 Å². The molecule has 1 amide bonds. The maximum atomic E-state index is 12.0. The maximum absolute atomic E-state index is 12.0. The Morgan fingerprint density at radius 3 is 2.50 bits per heavy atom. The third-order valence-electron chi connectivity index (χ3n) is 3.32. The van der Waals surface area contributed by atoms with Gasteiger partial charge in [0.25, 0.3) is 5.91 Å². The summed E-state index contributed by atoms with van der Waals surface area (Å²) in [6.07, 6.45) is 0. The number of rotatable bonds is 6. The monoisotopic (exact) mass is 319 g/mol. The van der Waals surface area contributed by atoms with Gasteiger partial charge < -0.3 is 14.7 Å². The second-order valence-electron chi connectivity index (χ2n) is 5.70. The van der Waals surface area contributed by atoms with Crippen molar-refractivity contribution in [3.05, 3.63) is 52.2 Å². The molecule has 1 N–H and O–H groups in total. The molecule has 0 atom stereocenters. The zero-order valence-electron chi connectivity index (χ0n) is 13.1. The Hall–Kier alpha value is -1.85. The van der Waals surface area contributed by atoms with Gasteiger partial charge in [-0.05, 0) is 43.0 Å². The van der Waals surface area contributed by atoms with E-state index in [1.165, 1.54) is 0 Å². The van der Waals surface area contributed by atoms with E-state index in [1.54, 1.807) is 61.4 Å². The van der Waals surface area contributed by atoms with E-state index in [-0.39, 0.29) is 12.5 Å². The van der Waals surface area contributed by atoms with Crippen LogP contribution in [0.25, 0.3) is 0 Å². The summed E-state index contributed by atoms with van der Waals surface area (Å²) in [4.78, 5) is 14.8. The van der Waals surface area contributed by atoms with Crippen molar-refractivity contribution in [3.63, 3.8) is 0 Å². The Morgan fingerprint density at radius 1 is 1.27 bits per heavy atom. The van der Waals surface area contributed by atoms with Crippen molar-refractivity contribution >= 4 is 17.2 Å². The summed E-state index contributed by atoms with van der Waals surface area (Å²) >= 11 is 1.63. The molecule has 0 bridgehead atoms. The molecule has 0 unspecified atom stereocenters. The van der Waals surface area contributed by atoms with Crippen molar-refractivity contribution in [1.82, 2.24) is 4.90 Å². The molecule has 1 aromatic carbocycles. The molecule has 0 saturated carbocycles. The van der Waals surface area contributed by atoms with E-state index < -0.39 is 5.60 Å². The van der Waals surface area contributed by atoms with E-state index in [1.807, 2.05) is 17.5 Å². The molecule has 5 heteroatoms. The van der Waals surface area contributed by atoms with Gasteiger partial charge in [0, 0.05) is 11.9 Å². The highest BCUT2D eigenvalue weighted by Crippen LogP contribution is 2.22. The molecule has 1 aromatic heterocycles. The van der Waals surface area contributed by atoms with E-state index >= 15 is 0 Å². The zero-order valence-corrected chi connectivity index (χ0v) is 13.9. The molecule has 0 aliphatic carbocycles. The predicted octanol–water partition coefficient (Wildman–Crippen LogP) is 3.01. The third kappa shape index (κ3) is 4.58. The molecule has 1 heterocycles. The van der Waals surface area contributed by atoms with E-state index in [9.17, 15) is 9.90 Å². The van der Waals surface area contributed by atoms with Crippen molar-refractivity contribution in [2.24, 2.45) is 0 Å². The quantitative estimate of drug-likeness (QED) is 0.890. The van der Waals surface area contributed by atoms with E-state index in [0.29, 0.717) is 12.3 Å². The summed E-state index contributed by atoms with van der Waals surface area (Å²) in [6, 6.07) is 11.1. The molecule has 2 aromatic rings. The van der Waals surface area contributed by atoms with Gasteiger partial charge in [0.05, 0.1) is 12.1 Å². The lowest BCUT2D eigenvalue weighted by Gasteiger charge is -2.19. The Labute approximate surface area is 135 Å². The van der Waals surface area contributed by atoms with Gasteiger partial charge in [-0.2, -0.15) is 0 Å². The number of carbonyl (C=O) groups excluding carboxylic acids is 1. The van der Waals surface area contributed by atoms with Crippen molar-refractivity contribution in [1.29, 1.82) is 0 Å². The molecule has 0 spiro atoms. The van der Waals surface area contributed by atoms with Gasteiger partial charge in [-0.15, -0.1) is 11.3 Å². The molecular weight excluding hydrogens is 298 g/mol. The largest absolute Gasteiger partial charge is 0.484 e. The lowest BCUT2D eigenvalue weighted by Crippen LogP contribution is -2.30. The van der Waals surface area contributed by atoms with E-state index in [4.69, 9.17) is 4.74 Å². The lowest BCUT2D eigenvalue weighted by atomic mass is 9.99. The smallest absolute Gasteiger partial charge is 0.260 e. The minimum atomic E-state index is -0.880. The second kappa shape index (κ2) is 6.94. The van der Waals surface area contributed by atoms with Crippen LogP contribution in [0.15, 0.2) is 41.8 Å². The molecule has 0 saturated heterocycles. The molecule has 118 valence electrons. The van der Waals surface area contributed by atoms with Gasteiger partial charge in [-0.3, -0.25) is 4.79 Å². The minimum absolute atomic E-state index is 0.00371. The number of thiophene rings is 1. The van der Waals surface area contributed by atoms with Crippen LogP contribution < -0.4 is 4.74 Å². The Bertz CT molecular complexity index is 600. The molecule has 4 nitrogen and oxygen atoms in total. The molecule has 22 heavy (non-hydrogen) atoms. The van der Waals surface area contributed by atoms with Gasteiger partial charge in [-0.1, -0.05) is 18.2 Å². The fourth-order valence-corrected chi connectivity index (χ4v) is 2.70. The number of hydrogen-bond donors (Lipinski definition) is 1. The van der Waals surface area contributed by atoms with Crippen LogP contribution in [-0.4, -0.2) is 29.6 Å². The van der Waals surface area contributed by atoms with Gasteiger partial charge >= 0.3 is 0 Å². The predicted molar refractivity (Wildman–Crippen MR) is 88.0 cm³/mol. The average molecular weight is 319 g/mol. The van der Waals surface area contributed by atoms with Crippen molar-refractivity contribution in [2.45, 2.75) is 26.0 Å². The highest BCUT2D eigenvalue weighted by atomic mass is 32.1. The Kier molecular flexibility index (Phi) is 5.21. The zero-order chi connectivity index (χ0) is 16.2. The number of nitrogens with zero attached hydrogens (tertiary/aromatic N) is 1. The number of hydrogen-bond acceptors (Lipinski definition) is 4. The summed E-state index contributed by atoms with van der Waals surface area (Å²) in [7, 11) is 1.77. The van der Waals surface area contributed by atoms with Crippen LogP contribution in [-0.2, 0) is 16.9 Å². The Balaban J connectivity index is 1.85. The number of carbonyl (C=O) groups is 1. The van der Waals surface area contributed by atoms with Crippen molar-refractivity contribution in [3.8, 4) is 5.75 Å². The third-order valence-corrected chi connectivity index (χ3v) is 4.18. The topological polar surface area (TPSA) is 49.8 Å². The minimum Gasteiger partial charge on any atom is -0.484 e. The molecule has 0 fully saturated rings. The molecule has 2 rings (SSSR count). The van der Waals surface area contributed by atoms with Gasteiger partial charge in [0.2, 0.25) is 0 Å². The average Bonchev–Trinajstić information content (AvgIpc) is 2.97. The Morgan fingerprint density at radius 2 is 1.95 bits per heavy atom. The first-order valence-corrected chi connectivity index (χ1v) is 7.96. The first-order valence-electron chi connectivity index (χ1n) is 7.08. The van der Waals surface area contributed by atoms with Crippen LogP contribution in [0.2, 0.25) is 0 Å².